The number of unbranched alkanes of at least 4 members (excludes halogenated alkanes) is 1. The fraction of sp³-hybridized carbons (Fsp3) is 1.00. The molecule has 0 aromatic heterocycles. The van der Waals surface area contributed by atoms with E-state index in [1.54, 1.807) is 7.11 Å². The van der Waals surface area contributed by atoms with Crippen molar-refractivity contribution in [3.8, 4) is 0 Å². The number of fused-ring (bicyclic) bond motifs is 1. The second-order valence-corrected chi connectivity index (χ2v) is 12.1. The average Bonchev–Trinajstić information content (AvgIpc) is 2.78. The zero-order chi connectivity index (χ0) is 20.4. The summed E-state index contributed by atoms with van der Waals surface area (Å²) in [6.07, 6.45) is 11.7. The molecule has 0 amide bonds. The van der Waals surface area contributed by atoms with E-state index in [4.69, 9.17) is 4.74 Å². The molecule has 0 radical (unpaired) electrons. The molecule has 0 aromatic carbocycles. The van der Waals surface area contributed by atoms with Gasteiger partial charge in [0.15, 0.2) is 9.84 Å². The Morgan fingerprint density at radius 1 is 1.07 bits per heavy atom. The minimum absolute atomic E-state index is 0.0462. The van der Waals surface area contributed by atoms with Crippen LogP contribution in [0, 0.1) is 23.2 Å². The quantitative estimate of drug-likeness (QED) is 0.682. The predicted molar refractivity (Wildman–Crippen MR) is 114 cm³/mol. The van der Waals surface area contributed by atoms with Crippen LogP contribution in [0.4, 0.5) is 0 Å². The zero-order valence-corrected chi connectivity index (χ0v) is 19.1. The molecule has 3 rings (SSSR count). The molecule has 6 atom stereocenters. The van der Waals surface area contributed by atoms with E-state index in [0.29, 0.717) is 12.3 Å². The third kappa shape index (κ3) is 4.32. The molecule has 2 aliphatic carbocycles. The molecular formula is C23H42O4S. The largest absolute Gasteiger partial charge is 0.392 e. The van der Waals surface area contributed by atoms with Crippen LogP contribution in [0.25, 0.3) is 0 Å². The second kappa shape index (κ2) is 9.34. The fourth-order valence-electron chi connectivity index (χ4n) is 6.78. The van der Waals surface area contributed by atoms with Gasteiger partial charge in [-0.05, 0) is 49.9 Å². The normalized spacial score (nSPS) is 41.9. The lowest BCUT2D eigenvalue weighted by Crippen LogP contribution is -2.48. The molecule has 3 aliphatic rings. The molecule has 0 bridgehead atoms. The second-order valence-electron chi connectivity index (χ2n) is 9.92. The Kier molecular flexibility index (Phi) is 7.53. The van der Waals surface area contributed by atoms with Crippen molar-refractivity contribution in [2.24, 2.45) is 23.2 Å². The number of aliphatic hydroxyl groups excluding tert-OH is 1. The molecule has 1 saturated heterocycles. The first-order valence-corrected chi connectivity index (χ1v) is 13.5. The van der Waals surface area contributed by atoms with E-state index < -0.39 is 21.4 Å². The van der Waals surface area contributed by atoms with Crippen LogP contribution in [0.3, 0.4) is 0 Å². The van der Waals surface area contributed by atoms with Crippen molar-refractivity contribution in [2.45, 2.75) is 108 Å². The standard InChI is InChI=1S/C23H42O4S/c1-4-6-14-23(5-2)16-28(25,26)20-15-18(27-3)12-13-19(20)21(22(23)24)17-10-8-7-9-11-17/h17-22,24H,4-16H2,1-3H3/t18?,19?,20?,21-,22-,23?/m0/s1. The summed E-state index contributed by atoms with van der Waals surface area (Å²) in [4.78, 5) is 0. The molecule has 3 fully saturated rings. The van der Waals surface area contributed by atoms with Gasteiger partial charge in [0, 0.05) is 12.5 Å². The first kappa shape index (κ1) is 22.6. The predicted octanol–water partition coefficient (Wildman–Crippen LogP) is 4.74. The van der Waals surface area contributed by atoms with Crippen LogP contribution in [-0.4, -0.2) is 43.8 Å². The van der Waals surface area contributed by atoms with E-state index in [9.17, 15) is 13.5 Å². The van der Waals surface area contributed by atoms with Crippen LogP contribution in [0.1, 0.15) is 90.9 Å². The first-order chi connectivity index (χ1) is 13.4. The van der Waals surface area contributed by atoms with Crippen molar-refractivity contribution in [3.05, 3.63) is 0 Å². The maximum absolute atomic E-state index is 13.6. The van der Waals surface area contributed by atoms with E-state index in [2.05, 4.69) is 13.8 Å². The highest BCUT2D eigenvalue weighted by Crippen LogP contribution is 2.53. The number of sulfone groups is 1. The van der Waals surface area contributed by atoms with E-state index in [1.807, 2.05) is 0 Å². The summed E-state index contributed by atoms with van der Waals surface area (Å²) < 4.78 is 32.9. The lowest BCUT2D eigenvalue weighted by molar-refractivity contribution is -0.0703. The SMILES string of the molecule is CCCCC1(CC)CS(=O)(=O)C2CC(OC)CCC2[C@H](C2CCCCC2)[C@@H]1O. The van der Waals surface area contributed by atoms with Gasteiger partial charge in [0.05, 0.1) is 23.2 Å². The summed E-state index contributed by atoms with van der Waals surface area (Å²) in [5.41, 5.74) is -0.475. The summed E-state index contributed by atoms with van der Waals surface area (Å²) in [6.45, 7) is 4.25. The number of aliphatic hydroxyl groups is 1. The Balaban J connectivity index is 2.03. The molecule has 0 spiro atoms. The lowest BCUT2D eigenvalue weighted by atomic mass is 9.61. The van der Waals surface area contributed by atoms with Crippen LogP contribution in [0.15, 0.2) is 0 Å². The molecule has 28 heavy (non-hydrogen) atoms. The van der Waals surface area contributed by atoms with Gasteiger partial charge in [-0.1, -0.05) is 58.8 Å². The van der Waals surface area contributed by atoms with Crippen molar-refractivity contribution >= 4 is 9.84 Å². The maximum Gasteiger partial charge on any atom is 0.154 e. The van der Waals surface area contributed by atoms with E-state index in [-0.39, 0.29) is 28.9 Å². The fourth-order valence-corrected chi connectivity index (χ4v) is 9.67. The average molecular weight is 415 g/mol. The highest BCUT2D eigenvalue weighted by Gasteiger charge is 2.56. The van der Waals surface area contributed by atoms with Crippen LogP contribution >= 0.6 is 0 Å². The van der Waals surface area contributed by atoms with Gasteiger partial charge in [-0.3, -0.25) is 0 Å². The van der Waals surface area contributed by atoms with Gasteiger partial charge in [0.25, 0.3) is 0 Å². The number of methoxy groups -OCH3 is 1. The van der Waals surface area contributed by atoms with Crippen LogP contribution in [0.5, 0.6) is 0 Å². The Labute approximate surface area is 172 Å². The lowest BCUT2D eigenvalue weighted by Gasteiger charge is -2.46. The Bertz CT molecular complexity index is 598. The van der Waals surface area contributed by atoms with Gasteiger partial charge >= 0.3 is 0 Å². The van der Waals surface area contributed by atoms with Gasteiger partial charge in [0.2, 0.25) is 0 Å². The first-order valence-electron chi connectivity index (χ1n) is 11.8. The van der Waals surface area contributed by atoms with E-state index >= 15 is 0 Å². The third-order valence-electron chi connectivity index (χ3n) is 8.49. The van der Waals surface area contributed by atoms with E-state index in [1.165, 1.54) is 19.3 Å². The van der Waals surface area contributed by atoms with Crippen molar-refractivity contribution in [1.82, 2.24) is 0 Å². The third-order valence-corrected chi connectivity index (χ3v) is 10.9. The van der Waals surface area contributed by atoms with Crippen molar-refractivity contribution in [3.63, 3.8) is 0 Å². The Morgan fingerprint density at radius 2 is 1.79 bits per heavy atom. The monoisotopic (exact) mass is 414 g/mol. The molecule has 1 N–H and O–H groups in total. The van der Waals surface area contributed by atoms with Crippen LogP contribution in [0.2, 0.25) is 0 Å². The number of hydrogen-bond acceptors (Lipinski definition) is 4. The summed E-state index contributed by atoms with van der Waals surface area (Å²) in [5.74, 6) is 0.885. The van der Waals surface area contributed by atoms with Crippen LogP contribution in [-0.2, 0) is 14.6 Å². The number of rotatable bonds is 6. The number of hydrogen-bond donors (Lipinski definition) is 1. The highest BCUT2D eigenvalue weighted by atomic mass is 32.2. The van der Waals surface area contributed by atoms with Crippen molar-refractivity contribution in [1.29, 1.82) is 0 Å². The zero-order valence-electron chi connectivity index (χ0n) is 18.2. The molecule has 5 heteroatoms. The highest BCUT2D eigenvalue weighted by molar-refractivity contribution is 7.92. The maximum atomic E-state index is 13.6. The van der Waals surface area contributed by atoms with Gasteiger partial charge in [-0.2, -0.15) is 0 Å². The Morgan fingerprint density at radius 3 is 2.39 bits per heavy atom. The minimum atomic E-state index is -3.26. The Hall–Kier alpha value is -0.130. The van der Waals surface area contributed by atoms with Gasteiger partial charge < -0.3 is 9.84 Å². The summed E-state index contributed by atoms with van der Waals surface area (Å²) in [6, 6.07) is 0. The smallest absolute Gasteiger partial charge is 0.154 e. The van der Waals surface area contributed by atoms with Gasteiger partial charge in [-0.25, -0.2) is 8.42 Å². The molecule has 4 nitrogen and oxygen atoms in total. The summed E-state index contributed by atoms with van der Waals surface area (Å²) in [5, 5.41) is 11.5. The topological polar surface area (TPSA) is 63.6 Å². The van der Waals surface area contributed by atoms with Gasteiger partial charge in [-0.15, -0.1) is 0 Å². The molecule has 164 valence electrons. The molecular weight excluding hydrogens is 372 g/mol. The van der Waals surface area contributed by atoms with E-state index in [0.717, 1.165) is 51.4 Å². The molecule has 0 aromatic rings. The van der Waals surface area contributed by atoms with Crippen molar-refractivity contribution in [2.75, 3.05) is 12.9 Å². The summed E-state index contributed by atoms with van der Waals surface area (Å²) >= 11 is 0. The minimum Gasteiger partial charge on any atom is -0.392 e. The molecule has 1 heterocycles. The number of ether oxygens (including phenoxy) is 1. The molecule has 4 unspecified atom stereocenters. The summed E-state index contributed by atoms with van der Waals surface area (Å²) in [7, 11) is -1.55. The van der Waals surface area contributed by atoms with Crippen molar-refractivity contribution < 1.29 is 18.3 Å². The molecule has 2 saturated carbocycles. The van der Waals surface area contributed by atoms with Crippen LogP contribution < -0.4 is 0 Å². The van der Waals surface area contributed by atoms with Gasteiger partial charge in [0.1, 0.15) is 0 Å². The molecule has 1 aliphatic heterocycles.